The van der Waals surface area contributed by atoms with Crippen molar-refractivity contribution in [2.45, 2.75) is 96.9 Å². The number of guanidine groups is 1. The van der Waals surface area contributed by atoms with Gasteiger partial charge < -0.3 is 16.4 Å². The highest BCUT2D eigenvalue weighted by molar-refractivity contribution is 5.95. The van der Waals surface area contributed by atoms with Gasteiger partial charge >= 0.3 is 0 Å². The Bertz CT molecular complexity index is 521. The molecule has 0 heterocycles. The van der Waals surface area contributed by atoms with Gasteiger partial charge in [0.2, 0.25) is 11.8 Å². The molecule has 6 nitrogen and oxygen atoms in total. The molecule has 0 aliphatic heterocycles. The predicted molar refractivity (Wildman–Crippen MR) is 114 cm³/mol. The van der Waals surface area contributed by atoms with Crippen LogP contribution in [0.2, 0.25) is 0 Å². The lowest BCUT2D eigenvalue weighted by atomic mass is 9.84. The zero-order valence-electron chi connectivity index (χ0n) is 17.8. The second-order valence-corrected chi connectivity index (χ2v) is 9.17. The zero-order chi connectivity index (χ0) is 20.4. The second-order valence-electron chi connectivity index (χ2n) is 9.17. The van der Waals surface area contributed by atoms with Crippen molar-refractivity contribution in [3.05, 3.63) is 0 Å². The number of hydrogen-bond acceptors (Lipinski definition) is 2. The summed E-state index contributed by atoms with van der Waals surface area (Å²) in [5, 5.41) is 6.05. The van der Waals surface area contributed by atoms with E-state index in [1.165, 1.54) is 38.5 Å². The van der Waals surface area contributed by atoms with Crippen LogP contribution in [0, 0.1) is 17.8 Å². The summed E-state index contributed by atoms with van der Waals surface area (Å²) in [7, 11) is 0. The maximum atomic E-state index is 12.7. The molecule has 0 aromatic heterocycles. The number of nitrogens with one attached hydrogen (secondary N) is 2. The van der Waals surface area contributed by atoms with E-state index >= 15 is 0 Å². The van der Waals surface area contributed by atoms with E-state index in [9.17, 15) is 9.59 Å². The highest BCUT2D eigenvalue weighted by Crippen LogP contribution is 2.28. The standard InChI is InChI=1S/C22H40N4O2/c1-16(2)15-24-21(28)19(13-17-9-5-3-6-10-17)25-22(23)26-20(27)14-18-11-7-4-8-12-18/h16-19H,3-15H2,1-2H3,(H,24,28)(H3,23,25,26,27). The van der Waals surface area contributed by atoms with Gasteiger partial charge in [-0.05, 0) is 37.0 Å². The van der Waals surface area contributed by atoms with Crippen molar-refractivity contribution < 1.29 is 9.59 Å². The van der Waals surface area contributed by atoms with E-state index in [1.807, 2.05) is 0 Å². The lowest BCUT2D eigenvalue weighted by Crippen LogP contribution is -2.51. The monoisotopic (exact) mass is 392 g/mol. The molecule has 0 bridgehead atoms. The molecule has 2 fully saturated rings. The number of carbonyl (C=O) groups is 2. The first-order chi connectivity index (χ1) is 13.4. The van der Waals surface area contributed by atoms with Crippen LogP contribution in [0.5, 0.6) is 0 Å². The first-order valence-corrected chi connectivity index (χ1v) is 11.3. The Morgan fingerprint density at radius 2 is 1.54 bits per heavy atom. The van der Waals surface area contributed by atoms with Crippen LogP contribution in [0.25, 0.3) is 0 Å². The van der Waals surface area contributed by atoms with Crippen molar-refractivity contribution in [2.24, 2.45) is 28.5 Å². The number of rotatable bonds is 8. The highest BCUT2D eigenvalue weighted by atomic mass is 16.2. The Morgan fingerprint density at radius 3 is 2.11 bits per heavy atom. The number of aliphatic imine (C=N–C) groups is 1. The topological polar surface area (TPSA) is 96.6 Å². The van der Waals surface area contributed by atoms with Crippen LogP contribution in [0.15, 0.2) is 4.99 Å². The van der Waals surface area contributed by atoms with Crippen LogP contribution >= 0.6 is 0 Å². The predicted octanol–water partition coefficient (Wildman–Crippen LogP) is 3.50. The lowest BCUT2D eigenvalue weighted by Gasteiger charge is -2.27. The van der Waals surface area contributed by atoms with Gasteiger partial charge in [-0.25, -0.2) is 0 Å². The van der Waals surface area contributed by atoms with Crippen LogP contribution in [0.1, 0.15) is 90.9 Å². The summed E-state index contributed by atoms with van der Waals surface area (Å²) >= 11 is 0. The maximum Gasteiger partial charge on any atom is 0.249 e. The summed E-state index contributed by atoms with van der Waals surface area (Å²) in [6.07, 6.45) is 13.2. The molecule has 0 aromatic rings. The third-order valence-electron chi connectivity index (χ3n) is 6.05. The lowest BCUT2D eigenvalue weighted by molar-refractivity contribution is -0.123. The van der Waals surface area contributed by atoms with E-state index in [2.05, 4.69) is 29.5 Å². The molecule has 160 valence electrons. The summed E-state index contributed by atoms with van der Waals surface area (Å²) in [6, 6.07) is -0.423. The number of nitrogens with zero attached hydrogens (tertiary/aromatic N) is 1. The Labute approximate surface area is 170 Å². The molecule has 2 aliphatic carbocycles. The Balaban J connectivity index is 1.91. The fourth-order valence-electron chi connectivity index (χ4n) is 4.44. The largest absolute Gasteiger partial charge is 0.370 e. The molecule has 0 radical (unpaired) electrons. The summed E-state index contributed by atoms with van der Waals surface area (Å²) < 4.78 is 0. The molecule has 2 saturated carbocycles. The zero-order valence-corrected chi connectivity index (χ0v) is 17.8. The van der Waals surface area contributed by atoms with Crippen molar-refractivity contribution in [1.82, 2.24) is 10.6 Å². The maximum absolute atomic E-state index is 12.7. The molecular formula is C22H40N4O2. The molecule has 2 amide bonds. The SMILES string of the molecule is CC(C)CNC(=O)C(CC1CCCCC1)NC(N)=NC(=O)CC1CCCCC1. The van der Waals surface area contributed by atoms with Crippen LogP contribution in [-0.4, -0.2) is 30.4 Å². The summed E-state index contributed by atoms with van der Waals surface area (Å²) in [6.45, 7) is 4.78. The van der Waals surface area contributed by atoms with Gasteiger partial charge in [-0.15, -0.1) is 0 Å². The van der Waals surface area contributed by atoms with Crippen LogP contribution in [-0.2, 0) is 9.59 Å². The van der Waals surface area contributed by atoms with Crippen LogP contribution in [0.3, 0.4) is 0 Å². The van der Waals surface area contributed by atoms with Gasteiger partial charge in [-0.2, -0.15) is 4.99 Å². The minimum atomic E-state index is -0.423. The van der Waals surface area contributed by atoms with E-state index in [0.717, 1.165) is 32.1 Å². The highest BCUT2D eigenvalue weighted by Gasteiger charge is 2.25. The molecule has 4 N–H and O–H groups in total. The van der Waals surface area contributed by atoms with Crippen molar-refractivity contribution in [2.75, 3.05) is 6.54 Å². The molecular weight excluding hydrogens is 352 g/mol. The molecule has 28 heavy (non-hydrogen) atoms. The van der Waals surface area contributed by atoms with Crippen molar-refractivity contribution in [3.8, 4) is 0 Å². The molecule has 0 saturated heterocycles. The van der Waals surface area contributed by atoms with Gasteiger partial charge in [0.25, 0.3) is 0 Å². The van der Waals surface area contributed by atoms with Gasteiger partial charge in [-0.3, -0.25) is 9.59 Å². The molecule has 2 aliphatic rings. The summed E-state index contributed by atoms with van der Waals surface area (Å²) in [5.74, 6) is 1.23. The number of nitrogens with two attached hydrogens (primary N) is 1. The Kier molecular flexibility index (Phi) is 9.79. The molecule has 2 rings (SSSR count). The summed E-state index contributed by atoms with van der Waals surface area (Å²) in [4.78, 5) is 29.0. The van der Waals surface area contributed by atoms with Gasteiger partial charge in [0.05, 0.1) is 0 Å². The van der Waals surface area contributed by atoms with Gasteiger partial charge in [-0.1, -0.05) is 65.2 Å². The average Bonchev–Trinajstić information content (AvgIpc) is 2.67. The Hall–Kier alpha value is -1.59. The first-order valence-electron chi connectivity index (χ1n) is 11.3. The van der Waals surface area contributed by atoms with E-state index in [1.54, 1.807) is 0 Å². The average molecular weight is 393 g/mol. The third kappa shape index (κ3) is 8.61. The van der Waals surface area contributed by atoms with Gasteiger partial charge in [0, 0.05) is 13.0 Å². The third-order valence-corrected chi connectivity index (χ3v) is 6.05. The van der Waals surface area contributed by atoms with Gasteiger partial charge in [0.1, 0.15) is 6.04 Å². The molecule has 1 unspecified atom stereocenters. The minimum Gasteiger partial charge on any atom is -0.370 e. The van der Waals surface area contributed by atoms with Crippen LogP contribution < -0.4 is 16.4 Å². The molecule has 6 heteroatoms. The van der Waals surface area contributed by atoms with E-state index in [4.69, 9.17) is 5.73 Å². The van der Waals surface area contributed by atoms with Crippen molar-refractivity contribution in [3.63, 3.8) is 0 Å². The van der Waals surface area contributed by atoms with Crippen molar-refractivity contribution in [1.29, 1.82) is 0 Å². The van der Waals surface area contributed by atoms with Gasteiger partial charge in [0.15, 0.2) is 5.96 Å². The fourth-order valence-corrected chi connectivity index (χ4v) is 4.44. The number of amides is 2. The number of carbonyl (C=O) groups excluding carboxylic acids is 2. The second kappa shape index (κ2) is 12.1. The normalized spacial score (nSPS) is 20.8. The van der Waals surface area contributed by atoms with Crippen molar-refractivity contribution >= 4 is 17.8 Å². The summed E-state index contributed by atoms with van der Waals surface area (Å²) in [5.41, 5.74) is 6.02. The molecule has 1 atom stereocenters. The molecule has 0 aromatic carbocycles. The van der Waals surface area contributed by atoms with E-state index in [0.29, 0.717) is 30.7 Å². The minimum absolute atomic E-state index is 0.0443. The Morgan fingerprint density at radius 1 is 0.964 bits per heavy atom. The smallest absolute Gasteiger partial charge is 0.249 e. The van der Waals surface area contributed by atoms with E-state index < -0.39 is 6.04 Å². The number of hydrogen-bond donors (Lipinski definition) is 3. The van der Waals surface area contributed by atoms with Crippen LogP contribution in [0.4, 0.5) is 0 Å². The first kappa shape index (κ1) is 22.7. The fraction of sp³-hybridized carbons (Fsp3) is 0.864. The quantitative estimate of drug-likeness (QED) is 0.435. The van der Waals surface area contributed by atoms with E-state index in [-0.39, 0.29) is 17.8 Å². The molecule has 0 spiro atoms.